The maximum atomic E-state index is 13.6. The summed E-state index contributed by atoms with van der Waals surface area (Å²) in [5.41, 5.74) is 1.47. The lowest BCUT2D eigenvalue weighted by Crippen LogP contribution is -2.50. The number of aliphatic hydroxyl groups is 1. The standard InChI is InChI=1S/C27H32N2O5S/c1-19-16-29(20(2)18-30)35(32,33)26-14-11-22(10-9-21-7-5-4-6-8-21)15-24(26)34-25(19)17-28(3)27(31)23-12-13-23/h4-8,11,14-15,19-20,23,25,30H,12-13,16-18H2,1-3H3/t19-,20-,25-/m1/s1. The molecule has 7 nitrogen and oxygen atoms in total. The molecule has 0 radical (unpaired) electrons. The van der Waals surface area contributed by atoms with Gasteiger partial charge in [-0.3, -0.25) is 4.79 Å². The summed E-state index contributed by atoms with van der Waals surface area (Å²) in [6, 6.07) is 13.8. The van der Waals surface area contributed by atoms with Crippen LogP contribution in [0.15, 0.2) is 53.4 Å². The van der Waals surface area contributed by atoms with Crippen LogP contribution in [-0.2, 0) is 14.8 Å². The molecule has 186 valence electrons. The minimum Gasteiger partial charge on any atom is -0.487 e. The normalized spacial score (nSPS) is 22.4. The Hall–Kier alpha value is -2.86. The summed E-state index contributed by atoms with van der Waals surface area (Å²) >= 11 is 0. The Morgan fingerprint density at radius 1 is 1.17 bits per heavy atom. The Labute approximate surface area is 207 Å². The Kier molecular flexibility index (Phi) is 7.50. The van der Waals surface area contributed by atoms with Crippen molar-refractivity contribution >= 4 is 15.9 Å². The number of sulfonamides is 1. The summed E-state index contributed by atoms with van der Waals surface area (Å²) in [7, 11) is -2.16. The first-order valence-corrected chi connectivity index (χ1v) is 13.4. The lowest BCUT2D eigenvalue weighted by Gasteiger charge is -2.37. The van der Waals surface area contributed by atoms with Crippen LogP contribution in [0.3, 0.4) is 0 Å². The maximum absolute atomic E-state index is 13.6. The van der Waals surface area contributed by atoms with Crippen molar-refractivity contribution < 1.29 is 23.1 Å². The van der Waals surface area contributed by atoms with Gasteiger partial charge in [0.25, 0.3) is 0 Å². The average Bonchev–Trinajstić information content (AvgIpc) is 3.70. The zero-order valence-electron chi connectivity index (χ0n) is 20.3. The Balaban J connectivity index is 1.72. The molecule has 35 heavy (non-hydrogen) atoms. The Bertz CT molecular complexity index is 1230. The summed E-state index contributed by atoms with van der Waals surface area (Å²) in [6.45, 7) is 3.82. The molecule has 0 bridgehead atoms. The highest BCUT2D eigenvalue weighted by Crippen LogP contribution is 2.35. The smallest absolute Gasteiger partial charge is 0.247 e. The van der Waals surface area contributed by atoms with E-state index >= 15 is 0 Å². The first-order chi connectivity index (χ1) is 16.7. The average molecular weight is 497 g/mol. The molecule has 8 heteroatoms. The number of amides is 1. The number of aliphatic hydroxyl groups excluding tert-OH is 1. The van der Waals surface area contributed by atoms with Gasteiger partial charge in [0.15, 0.2) is 0 Å². The first-order valence-electron chi connectivity index (χ1n) is 12.0. The van der Waals surface area contributed by atoms with Crippen molar-refractivity contribution in [3.8, 4) is 17.6 Å². The van der Waals surface area contributed by atoms with Gasteiger partial charge in [-0.05, 0) is 50.1 Å². The minimum absolute atomic E-state index is 0.0381. The van der Waals surface area contributed by atoms with Gasteiger partial charge in [0.2, 0.25) is 15.9 Å². The van der Waals surface area contributed by atoms with E-state index in [1.54, 1.807) is 31.0 Å². The molecule has 2 aromatic carbocycles. The van der Waals surface area contributed by atoms with E-state index < -0.39 is 22.2 Å². The van der Waals surface area contributed by atoms with Gasteiger partial charge < -0.3 is 14.7 Å². The molecule has 2 aliphatic rings. The molecule has 1 N–H and O–H groups in total. The van der Waals surface area contributed by atoms with Gasteiger partial charge in [0.1, 0.15) is 16.7 Å². The highest BCUT2D eigenvalue weighted by atomic mass is 32.2. The van der Waals surface area contributed by atoms with Crippen LogP contribution in [0.2, 0.25) is 0 Å². The fourth-order valence-electron chi connectivity index (χ4n) is 4.19. The van der Waals surface area contributed by atoms with Crippen molar-refractivity contribution in [2.24, 2.45) is 11.8 Å². The van der Waals surface area contributed by atoms with Crippen molar-refractivity contribution in [2.45, 2.75) is 43.7 Å². The van der Waals surface area contributed by atoms with E-state index in [2.05, 4.69) is 11.8 Å². The van der Waals surface area contributed by atoms with Gasteiger partial charge in [-0.15, -0.1) is 0 Å². The predicted octanol–water partition coefficient (Wildman–Crippen LogP) is 2.72. The lowest BCUT2D eigenvalue weighted by molar-refractivity contribution is -0.132. The van der Waals surface area contributed by atoms with E-state index in [-0.39, 0.29) is 41.5 Å². The Morgan fingerprint density at radius 2 is 1.86 bits per heavy atom. The van der Waals surface area contributed by atoms with E-state index in [9.17, 15) is 18.3 Å². The zero-order valence-corrected chi connectivity index (χ0v) is 21.2. The summed E-state index contributed by atoms with van der Waals surface area (Å²) in [5, 5.41) is 9.78. The molecular formula is C27H32N2O5S. The van der Waals surface area contributed by atoms with Crippen LogP contribution in [0.25, 0.3) is 0 Å². The summed E-state index contributed by atoms with van der Waals surface area (Å²) in [4.78, 5) is 14.3. The van der Waals surface area contributed by atoms with Crippen LogP contribution in [0.4, 0.5) is 0 Å². The molecule has 1 amide bonds. The molecule has 0 spiro atoms. The number of hydrogen-bond donors (Lipinski definition) is 1. The van der Waals surface area contributed by atoms with Crippen LogP contribution in [-0.4, -0.2) is 67.5 Å². The number of ether oxygens (including phenoxy) is 1. The molecule has 1 saturated carbocycles. The van der Waals surface area contributed by atoms with Crippen molar-refractivity contribution in [2.75, 3.05) is 26.7 Å². The quantitative estimate of drug-likeness (QED) is 0.644. The second-order valence-corrected chi connectivity index (χ2v) is 11.4. The van der Waals surface area contributed by atoms with E-state index in [0.717, 1.165) is 18.4 Å². The molecule has 0 unspecified atom stereocenters. The molecule has 3 atom stereocenters. The number of benzene rings is 2. The highest BCUT2D eigenvalue weighted by Gasteiger charge is 2.39. The number of rotatable bonds is 5. The number of carbonyl (C=O) groups is 1. The van der Waals surface area contributed by atoms with Crippen LogP contribution >= 0.6 is 0 Å². The summed E-state index contributed by atoms with van der Waals surface area (Å²) in [5.74, 6) is 6.34. The highest BCUT2D eigenvalue weighted by molar-refractivity contribution is 7.89. The number of hydrogen-bond acceptors (Lipinski definition) is 5. The monoisotopic (exact) mass is 496 g/mol. The Morgan fingerprint density at radius 3 is 2.51 bits per heavy atom. The number of fused-ring (bicyclic) bond motifs is 1. The SMILES string of the molecule is C[C@@H]1CN([C@H](C)CO)S(=O)(=O)c2ccc(C#Cc3ccccc3)cc2O[C@@H]1CN(C)C(=O)C1CC1. The fraction of sp³-hybridized carbons (Fsp3) is 0.444. The van der Waals surface area contributed by atoms with Gasteiger partial charge in [0, 0.05) is 42.6 Å². The van der Waals surface area contributed by atoms with Gasteiger partial charge in [-0.1, -0.05) is 37.0 Å². The molecule has 2 aromatic rings. The second-order valence-electron chi connectivity index (χ2n) is 9.51. The first kappa shape index (κ1) is 25.2. The topological polar surface area (TPSA) is 87.2 Å². The van der Waals surface area contributed by atoms with E-state index in [0.29, 0.717) is 12.1 Å². The zero-order chi connectivity index (χ0) is 25.2. The number of nitrogens with zero attached hydrogens (tertiary/aromatic N) is 2. The molecule has 4 rings (SSSR count). The predicted molar refractivity (Wildman–Crippen MR) is 133 cm³/mol. The third-order valence-corrected chi connectivity index (χ3v) is 8.57. The second kappa shape index (κ2) is 10.4. The maximum Gasteiger partial charge on any atom is 0.247 e. The lowest BCUT2D eigenvalue weighted by atomic mass is 10.0. The van der Waals surface area contributed by atoms with Gasteiger partial charge in [0.05, 0.1) is 13.2 Å². The molecule has 0 saturated heterocycles. The van der Waals surface area contributed by atoms with Crippen molar-refractivity contribution in [3.05, 3.63) is 59.7 Å². The van der Waals surface area contributed by atoms with Gasteiger partial charge in [-0.25, -0.2) is 8.42 Å². The van der Waals surface area contributed by atoms with Crippen molar-refractivity contribution in [1.82, 2.24) is 9.21 Å². The molecule has 1 fully saturated rings. The van der Waals surface area contributed by atoms with Crippen LogP contribution in [0.5, 0.6) is 5.75 Å². The van der Waals surface area contributed by atoms with Crippen molar-refractivity contribution in [1.29, 1.82) is 0 Å². The number of likely N-dealkylation sites (N-methyl/N-ethyl adjacent to an activating group) is 1. The fourth-order valence-corrected chi connectivity index (χ4v) is 6.01. The summed E-state index contributed by atoms with van der Waals surface area (Å²) in [6.07, 6.45) is 1.40. The third-order valence-electron chi connectivity index (χ3n) is 6.55. The molecule has 1 aliphatic carbocycles. The van der Waals surface area contributed by atoms with Crippen LogP contribution in [0.1, 0.15) is 37.8 Å². The van der Waals surface area contributed by atoms with Crippen LogP contribution in [0, 0.1) is 23.7 Å². The molecular weight excluding hydrogens is 464 g/mol. The van der Waals surface area contributed by atoms with E-state index in [4.69, 9.17) is 4.74 Å². The van der Waals surface area contributed by atoms with Crippen LogP contribution < -0.4 is 4.74 Å². The van der Waals surface area contributed by atoms with Gasteiger partial charge >= 0.3 is 0 Å². The summed E-state index contributed by atoms with van der Waals surface area (Å²) < 4.78 is 34.8. The molecule has 0 aromatic heterocycles. The van der Waals surface area contributed by atoms with Crippen molar-refractivity contribution in [3.63, 3.8) is 0 Å². The molecule has 1 heterocycles. The largest absolute Gasteiger partial charge is 0.487 e. The minimum atomic E-state index is -3.92. The third kappa shape index (κ3) is 5.69. The van der Waals surface area contributed by atoms with E-state index in [1.165, 1.54) is 10.4 Å². The molecule has 1 aliphatic heterocycles. The van der Waals surface area contributed by atoms with Gasteiger partial charge in [-0.2, -0.15) is 4.31 Å². The van der Waals surface area contributed by atoms with E-state index in [1.807, 2.05) is 37.3 Å². The number of carbonyl (C=O) groups excluding carboxylic acids is 1.